The molecule has 0 aromatic rings. The van der Waals surface area contributed by atoms with Crippen molar-refractivity contribution in [2.45, 2.75) is 45.6 Å². The molecular weight excluding hydrogens is 192 g/mol. The van der Waals surface area contributed by atoms with E-state index in [0.29, 0.717) is 18.9 Å². The number of hydrogen-bond donors (Lipinski definition) is 3. The van der Waals surface area contributed by atoms with Crippen LogP contribution in [0.3, 0.4) is 0 Å². The maximum Gasteiger partial charge on any atom is 0.239 e. The third-order valence-corrected chi connectivity index (χ3v) is 2.72. The highest BCUT2D eigenvalue weighted by Crippen LogP contribution is 2.05. The van der Waals surface area contributed by atoms with Crippen molar-refractivity contribution in [2.24, 2.45) is 11.7 Å². The molecule has 4 N–H and O–H groups in total. The predicted molar refractivity (Wildman–Crippen MR) is 61.4 cm³/mol. The van der Waals surface area contributed by atoms with Crippen molar-refractivity contribution in [2.75, 3.05) is 13.2 Å². The summed E-state index contributed by atoms with van der Waals surface area (Å²) in [6.07, 6.45) is 2.43. The standard InChI is InChI=1S/C11H24N2O2/c1-4-11(3,12)10(15)13-7-5-6-9(2)8-14/h9,14H,4-8,12H2,1-3H3,(H,13,15). The molecule has 4 heteroatoms. The van der Waals surface area contributed by atoms with Gasteiger partial charge in [0.2, 0.25) is 5.91 Å². The van der Waals surface area contributed by atoms with E-state index in [9.17, 15) is 4.79 Å². The summed E-state index contributed by atoms with van der Waals surface area (Å²) in [5.74, 6) is 0.207. The van der Waals surface area contributed by atoms with Crippen LogP contribution in [0.15, 0.2) is 0 Å². The molecule has 0 rings (SSSR count). The average Bonchev–Trinajstić information content (AvgIpc) is 2.23. The van der Waals surface area contributed by atoms with Crippen LogP contribution in [0.25, 0.3) is 0 Å². The molecule has 2 atom stereocenters. The second-order valence-corrected chi connectivity index (χ2v) is 4.46. The van der Waals surface area contributed by atoms with E-state index in [1.807, 2.05) is 13.8 Å². The van der Waals surface area contributed by atoms with Gasteiger partial charge in [-0.15, -0.1) is 0 Å². The number of nitrogens with one attached hydrogen (secondary N) is 1. The van der Waals surface area contributed by atoms with Crippen LogP contribution >= 0.6 is 0 Å². The largest absolute Gasteiger partial charge is 0.396 e. The Bertz CT molecular complexity index is 193. The summed E-state index contributed by atoms with van der Waals surface area (Å²) in [4.78, 5) is 11.5. The van der Waals surface area contributed by atoms with Gasteiger partial charge in [-0.25, -0.2) is 0 Å². The van der Waals surface area contributed by atoms with Gasteiger partial charge in [0.1, 0.15) is 0 Å². The molecule has 0 fully saturated rings. The Labute approximate surface area is 92.2 Å². The van der Waals surface area contributed by atoms with Gasteiger partial charge < -0.3 is 16.2 Å². The molecule has 0 bridgehead atoms. The van der Waals surface area contributed by atoms with Crippen LogP contribution in [0.4, 0.5) is 0 Å². The Balaban J connectivity index is 3.64. The molecule has 2 unspecified atom stereocenters. The van der Waals surface area contributed by atoms with E-state index >= 15 is 0 Å². The number of aliphatic hydroxyl groups excluding tert-OH is 1. The molecular formula is C11H24N2O2. The van der Waals surface area contributed by atoms with E-state index in [1.165, 1.54) is 0 Å². The van der Waals surface area contributed by atoms with Crippen LogP contribution in [-0.4, -0.2) is 29.7 Å². The molecule has 0 radical (unpaired) electrons. The summed E-state index contributed by atoms with van der Waals surface area (Å²) < 4.78 is 0. The van der Waals surface area contributed by atoms with Gasteiger partial charge in [0.15, 0.2) is 0 Å². The van der Waals surface area contributed by atoms with Crippen molar-refractivity contribution in [3.05, 3.63) is 0 Å². The van der Waals surface area contributed by atoms with Crippen LogP contribution in [0, 0.1) is 5.92 Å². The molecule has 0 aliphatic heterocycles. The predicted octanol–water partition coefficient (Wildman–Crippen LogP) is 0.639. The number of hydrogen-bond acceptors (Lipinski definition) is 3. The van der Waals surface area contributed by atoms with Crippen molar-refractivity contribution in [1.29, 1.82) is 0 Å². The third kappa shape index (κ3) is 5.74. The minimum Gasteiger partial charge on any atom is -0.396 e. The quantitative estimate of drug-likeness (QED) is 0.547. The van der Waals surface area contributed by atoms with E-state index < -0.39 is 5.54 Å². The maximum absolute atomic E-state index is 11.5. The number of carbonyl (C=O) groups excluding carboxylic acids is 1. The van der Waals surface area contributed by atoms with Gasteiger partial charge in [-0.1, -0.05) is 13.8 Å². The van der Waals surface area contributed by atoms with Crippen LogP contribution in [0.2, 0.25) is 0 Å². The summed E-state index contributed by atoms with van der Waals surface area (Å²) in [6, 6.07) is 0. The van der Waals surface area contributed by atoms with Crippen molar-refractivity contribution < 1.29 is 9.90 Å². The van der Waals surface area contributed by atoms with Crippen LogP contribution in [0.1, 0.15) is 40.0 Å². The lowest BCUT2D eigenvalue weighted by Gasteiger charge is -2.21. The molecule has 90 valence electrons. The molecule has 1 amide bonds. The van der Waals surface area contributed by atoms with Crippen molar-refractivity contribution in [3.8, 4) is 0 Å². The van der Waals surface area contributed by atoms with Crippen LogP contribution in [-0.2, 0) is 4.79 Å². The summed E-state index contributed by atoms with van der Waals surface area (Å²) >= 11 is 0. The lowest BCUT2D eigenvalue weighted by Crippen LogP contribution is -2.51. The van der Waals surface area contributed by atoms with Crippen molar-refractivity contribution in [1.82, 2.24) is 5.32 Å². The zero-order valence-corrected chi connectivity index (χ0v) is 10.0. The third-order valence-electron chi connectivity index (χ3n) is 2.72. The molecule has 0 saturated heterocycles. The van der Waals surface area contributed by atoms with Gasteiger partial charge in [-0.05, 0) is 32.1 Å². The molecule has 4 nitrogen and oxygen atoms in total. The van der Waals surface area contributed by atoms with Crippen molar-refractivity contribution >= 4 is 5.91 Å². The number of amides is 1. The van der Waals surface area contributed by atoms with Crippen molar-refractivity contribution in [3.63, 3.8) is 0 Å². The minimum absolute atomic E-state index is 0.0957. The zero-order valence-electron chi connectivity index (χ0n) is 10.0. The van der Waals surface area contributed by atoms with Crippen LogP contribution in [0.5, 0.6) is 0 Å². The smallest absolute Gasteiger partial charge is 0.239 e. The second-order valence-electron chi connectivity index (χ2n) is 4.46. The molecule has 0 heterocycles. The summed E-state index contributed by atoms with van der Waals surface area (Å²) in [5, 5.41) is 11.6. The molecule has 0 aliphatic carbocycles. The summed E-state index contributed by atoms with van der Waals surface area (Å²) in [7, 11) is 0. The highest BCUT2D eigenvalue weighted by Gasteiger charge is 2.25. The zero-order chi connectivity index (χ0) is 11.9. The van der Waals surface area contributed by atoms with E-state index in [1.54, 1.807) is 6.92 Å². The molecule has 0 aromatic carbocycles. The summed E-state index contributed by atoms with van der Waals surface area (Å²) in [6.45, 7) is 6.46. The molecule has 0 saturated carbocycles. The molecule has 0 spiro atoms. The topological polar surface area (TPSA) is 75.4 Å². The fraction of sp³-hybridized carbons (Fsp3) is 0.909. The van der Waals surface area contributed by atoms with Gasteiger partial charge in [0.05, 0.1) is 5.54 Å². The maximum atomic E-state index is 11.5. The normalized spacial score (nSPS) is 16.9. The van der Waals surface area contributed by atoms with E-state index in [4.69, 9.17) is 10.8 Å². The average molecular weight is 216 g/mol. The van der Waals surface area contributed by atoms with Gasteiger partial charge in [-0.3, -0.25) is 4.79 Å². The Kier molecular flexibility index (Phi) is 6.52. The highest BCUT2D eigenvalue weighted by molar-refractivity contribution is 5.85. The first-order valence-electron chi connectivity index (χ1n) is 5.62. The Morgan fingerprint density at radius 1 is 1.60 bits per heavy atom. The van der Waals surface area contributed by atoms with E-state index in [-0.39, 0.29) is 12.5 Å². The fourth-order valence-corrected chi connectivity index (χ4v) is 1.11. The molecule has 0 aliphatic rings. The SMILES string of the molecule is CCC(C)(N)C(=O)NCCCC(C)CO. The number of aliphatic hydroxyl groups is 1. The first-order chi connectivity index (χ1) is 6.94. The van der Waals surface area contributed by atoms with E-state index in [2.05, 4.69) is 5.32 Å². The monoisotopic (exact) mass is 216 g/mol. The summed E-state index contributed by atoms with van der Waals surface area (Å²) in [5.41, 5.74) is 5.01. The first-order valence-corrected chi connectivity index (χ1v) is 5.62. The molecule has 0 aromatic heterocycles. The Morgan fingerprint density at radius 3 is 2.67 bits per heavy atom. The number of carbonyl (C=O) groups is 1. The van der Waals surface area contributed by atoms with Gasteiger partial charge in [-0.2, -0.15) is 0 Å². The van der Waals surface area contributed by atoms with E-state index in [0.717, 1.165) is 12.8 Å². The van der Waals surface area contributed by atoms with Gasteiger partial charge in [0.25, 0.3) is 0 Å². The number of nitrogens with two attached hydrogens (primary N) is 1. The number of rotatable bonds is 7. The lowest BCUT2D eigenvalue weighted by atomic mass is 9.99. The minimum atomic E-state index is -0.761. The molecule has 15 heavy (non-hydrogen) atoms. The van der Waals surface area contributed by atoms with Crippen LogP contribution < -0.4 is 11.1 Å². The Hall–Kier alpha value is -0.610. The lowest BCUT2D eigenvalue weighted by molar-refractivity contribution is -0.125. The first kappa shape index (κ1) is 14.4. The highest BCUT2D eigenvalue weighted by atomic mass is 16.3. The fourth-order valence-electron chi connectivity index (χ4n) is 1.11. The Morgan fingerprint density at radius 2 is 2.20 bits per heavy atom. The second kappa shape index (κ2) is 6.80. The van der Waals surface area contributed by atoms with Gasteiger partial charge >= 0.3 is 0 Å². The van der Waals surface area contributed by atoms with Gasteiger partial charge in [0, 0.05) is 13.2 Å².